The fraction of sp³-hybridized carbons (Fsp3) is 0.385. The first kappa shape index (κ1) is 15.1. The smallest absolute Gasteiger partial charge is 0.412 e. The van der Waals surface area contributed by atoms with Crippen molar-refractivity contribution in [1.82, 2.24) is 0 Å². The molecule has 0 aliphatic rings. The zero-order chi connectivity index (χ0) is 14.8. The minimum atomic E-state index is -1.12. The van der Waals surface area contributed by atoms with Crippen LogP contribution >= 0.6 is 0 Å². The predicted molar refractivity (Wildman–Crippen MR) is 66.3 cm³/mol. The van der Waals surface area contributed by atoms with Crippen molar-refractivity contribution in [2.45, 2.75) is 33.3 Å². The van der Waals surface area contributed by atoms with Crippen LogP contribution in [0.5, 0.6) is 0 Å². The van der Waals surface area contributed by atoms with Crippen molar-refractivity contribution in [3.8, 4) is 0 Å². The maximum atomic E-state index is 13.8. The zero-order valence-electron chi connectivity index (χ0n) is 11.1. The fourth-order valence-corrected chi connectivity index (χ4v) is 1.41. The number of aryl methyl sites for hydroxylation is 1. The first-order chi connectivity index (χ1) is 8.65. The van der Waals surface area contributed by atoms with Gasteiger partial charge < -0.3 is 4.74 Å². The molecule has 0 saturated heterocycles. The zero-order valence-corrected chi connectivity index (χ0v) is 11.1. The van der Waals surface area contributed by atoms with Crippen molar-refractivity contribution in [2.24, 2.45) is 0 Å². The second-order valence-corrected chi connectivity index (χ2v) is 5.03. The summed E-state index contributed by atoms with van der Waals surface area (Å²) in [7, 11) is 0. The van der Waals surface area contributed by atoms with E-state index in [4.69, 9.17) is 4.74 Å². The minimum absolute atomic E-state index is 0.0505. The number of halogens is 2. The van der Waals surface area contributed by atoms with Crippen LogP contribution in [0.25, 0.3) is 0 Å². The Labute approximate surface area is 109 Å². The van der Waals surface area contributed by atoms with Crippen molar-refractivity contribution in [1.29, 1.82) is 0 Å². The van der Waals surface area contributed by atoms with E-state index in [1.807, 2.05) is 0 Å². The maximum absolute atomic E-state index is 13.8. The SMILES string of the molecule is Cc1cc(NC(=O)OC(C)(C)C)c(F)c(C=O)c1F. The van der Waals surface area contributed by atoms with Gasteiger partial charge in [0, 0.05) is 0 Å². The molecule has 1 N–H and O–H groups in total. The molecule has 0 unspecified atom stereocenters. The summed E-state index contributed by atoms with van der Waals surface area (Å²) in [6, 6.07) is 1.10. The van der Waals surface area contributed by atoms with Gasteiger partial charge >= 0.3 is 6.09 Å². The number of nitrogens with one attached hydrogen (secondary N) is 1. The third-order valence-electron chi connectivity index (χ3n) is 2.17. The molecule has 0 atom stereocenters. The Bertz CT molecular complexity index is 522. The molecule has 0 saturated carbocycles. The fourth-order valence-electron chi connectivity index (χ4n) is 1.41. The molecule has 0 heterocycles. The number of hydrogen-bond acceptors (Lipinski definition) is 3. The van der Waals surface area contributed by atoms with Crippen LogP contribution in [0.3, 0.4) is 0 Å². The summed E-state index contributed by atoms with van der Waals surface area (Å²) in [5.41, 5.74) is -1.71. The quantitative estimate of drug-likeness (QED) is 0.838. The number of ether oxygens (including phenoxy) is 1. The molecule has 19 heavy (non-hydrogen) atoms. The van der Waals surface area contributed by atoms with Crippen LogP contribution in [0, 0.1) is 18.6 Å². The molecule has 1 rings (SSSR count). The number of aldehydes is 1. The van der Waals surface area contributed by atoms with E-state index in [0.29, 0.717) is 0 Å². The van der Waals surface area contributed by atoms with Gasteiger partial charge in [0.25, 0.3) is 0 Å². The highest BCUT2D eigenvalue weighted by Gasteiger charge is 2.20. The molecule has 1 aromatic rings. The summed E-state index contributed by atoms with van der Waals surface area (Å²) < 4.78 is 32.1. The minimum Gasteiger partial charge on any atom is -0.444 e. The molecule has 0 aliphatic carbocycles. The Morgan fingerprint density at radius 3 is 2.37 bits per heavy atom. The summed E-state index contributed by atoms with van der Waals surface area (Å²) in [6.07, 6.45) is -0.813. The Morgan fingerprint density at radius 2 is 1.89 bits per heavy atom. The van der Waals surface area contributed by atoms with E-state index in [1.165, 1.54) is 6.92 Å². The second kappa shape index (κ2) is 5.34. The highest BCUT2D eigenvalue weighted by Crippen LogP contribution is 2.24. The summed E-state index contributed by atoms with van der Waals surface area (Å²) in [5, 5.41) is 2.15. The van der Waals surface area contributed by atoms with Crippen LogP contribution in [0.15, 0.2) is 6.07 Å². The Balaban J connectivity index is 3.06. The van der Waals surface area contributed by atoms with Gasteiger partial charge in [-0.1, -0.05) is 0 Å². The molecule has 1 amide bonds. The lowest BCUT2D eigenvalue weighted by Crippen LogP contribution is -2.27. The molecule has 0 aromatic heterocycles. The Hall–Kier alpha value is -1.98. The maximum Gasteiger partial charge on any atom is 0.412 e. The summed E-state index contributed by atoms with van der Waals surface area (Å²) >= 11 is 0. The molecule has 0 spiro atoms. The molecule has 1 aromatic carbocycles. The normalized spacial score (nSPS) is 11.1. The summed E-state index contributed by atoms with van der Waals surface area (Å²) in [4.78, 5) is 22.1. The molecular formula is C13H15F2NO3. The standard InChI is InChI=1S/C13H15F2NO3/c1-7-5-9(11(15)8(6-17)10(7)14)16-12(18)19-13(2,3)4/h5-6H,1-4H3,(H,16,18). The van der Waals surface area contributed by atoms with Gasteiger partial charge in [0.15, 0.2) is 12.1 Å². The summed E-state index contributed by atoms with van der Waals surface area (Å²) in [6.45, 7) is 6.31. The highest BCUT2D eigenvalue weighted by molar-refractivity contribution is 5.88. The van der Waals surface area contributed by atoms with Crippen molar-refractivity contribution in [3.05, 3.63) is 28.8 Å². The van der Waals surface area contributed by atoms with Gasteiger partial charge in [-0.2, -0.15) is 0 Å². The average molecular weight is 271 g/mol. The first-order valence-corrected chi connectivity index (χ1v) is 5.59. The largest absolute Gasteiger partial charge is 0.444 e. The number of anilines is 1. The molecule has 0 bridgehead atoms. The van der Waals surface area contributed by atoms with Gasteiger partial charge in [-0.15, -0.1) is 0 Å². The van der Waals surface area contributed by atoms with Gasteiger partial charge in [0.1, 0.15) is 11.4 Å². The monoisotopic (exact) mass is 271 g/mol. The van der Waals surface area contributed by atoms with E-state index in [-0.39, 0.29) is 17.5 Å². The van der Waals surface area contributed by atoms with Crippen LogP contribution in [-0.4, -0.2) is 18.0 Å². The van der Waals surface area contributed by atoms with E-state index < -0.39 is 28.9 Å². The lowest BCUT2D eigenvalue weighted by atomic mass is 10.1. The van der Waals surface area contributed by atoms with E-state index in [9.17, 15) is 18.4 Å². The number of carbonyl (C=O) groups excluding carboxylic acids is 2. The molecule has 6 heteroatoms. The summed E-state index contributed by atoms with van der Waals surface area (Å²) in [5.74, 6) is -2.06. The lowest BCUT2D eigenvalue weighted by molar-refractivity contribution is 0.0635. The topological polar surface area (TPSA) is 55.4 Å². The van der Waals surface area contributed by atoms with Gasteiger partial charge in [-0.05, 0) is 39.3 Å². The Morgan fingerprint density at radius 1 is 1.32 bits per heavy atom. The van der Waals surface area contributed by atoms with E-state index in [0.717, 1.165) is 6.07 Å². The number of rotatable bonds is 2. The van der Waals surface area contributed by atoms with Gasteiger partial charge in [0.2, 0.25) is 0 Å². The molecule has 0 fully saturated rings. The lowest BCUT2D eigenvalue weighted by Gasteiger charge is -2.20. The number of amides is 1. The van der Waals surface area contributed by atoms with Crippen LogP contribution in [-0.2, 0) is 4.74 Å². The van der Waals surface area contributed by atoms with Crippen LogP contribution in [0.1, 0.15) is 36.7 Å². The predicted octanol–water partition coefficient (Wildman–Crippen LogP) is 3.43. The number of hydrogen-bond donors (Lipinski definition) is 1. The molecular weight excluding hydrogens is 256 g/mol. The highest BCUT2D eigenvalue weighted by atomic mass is 19.1. The van der Waals surface area contributed by atoms with Crippen molar-refractivity contribution < 1.29 is 23.1 Å². The van der Waals surface area contributed by atoms with Gasteiger partial charge in [-0.3, -0.25) is 10.1 Å². The van der Waals surface area contributed by atoms with Crippen molar-refractivity contribution in [3.63, 3.8) is 0 Å². The van der Waals surface area contributed by atoms with E-state index in [1.54, 1.807) is 20.8 Å². The van der Waals surface area contributed by atoms with Crippen LogP contribution in [0.4, 0.5) is 19.3 Å². The third kappa shape index (κ3) is 3.74. The van der Waals surface area contributed by atoms with Gasteiger partial charge in [-0.25, -0.2) is 13.6 Å². The molecule has 104 valence electrons. The number of benzene rings is 1. The van der Waals surface area contributed by atoms with Crippen LogP contribution < -0.4 is 5.32 Å². The van der Waals surface area contributed by atoms with Crippen LogP contribution in [0.2, 0.25) is 0 Å². The average Bonchev–Trinajstić information content (AvgIpc) is 2.24. The van der Waals surface area contributed by atoms with Crippen molar-refractivity contribution in [2.75, 3.05) is 5.32 Å². The molecule has 0 radical (unpaired) electrons. The molecule has 4 nitrogen and oxygen atoms in total. The van der Waals surface area contributed by atoms with Gasteiger partial charge in [0.05, 0.1) is 11.3 Å². The second-order valence-electron chi connectivity index (χ2n) is 5.03. The molecule has 0 aliphatic heterocycles. The number of carbonyl (C=O) groups is 2. The third-order valence-corrected chi connectivity index (χ3v) is 2.17. The van der Waals surface area contributed by atoms with Crippen molar-refractivity contribution >= 4 is 18.1 Å². The van der Waals surface area contributed by atoms with E-state index in [2.05, 4.69) is 5.32 Å². The van der Waals surface area contributed by atoms with E-state index >= 15 is 0 Å². The Kier molecular flexibility index (Phi) is 4.24. The first-order valence-electron chi connectivity index (χ1n) is 5.59.